The lowest BCUT2D eigenvalue weighted by atomic mass is 10.1. The van der Waals surface area contributed by atoms with Gasteiger partial charge in [-0.1, -0.05) is 30.3 Å². The molecule has 1 saturated carbocycles. The molecule has 0 atom stereocenters. The summed E-state index contributed by atoms with van der Waals surface area (Å²) in [5.41, 5.74) is 0.883. The standard InChI is InChI=1S/C17H18N2O3S/c1-11-14(12-5-3-2-4-6-12)19-13(23-11)7-10-18-15(20)17(8-9-17)16(21)22/h2-6H,7-10H2,1H3,(H,18,20)(H,21,22). The van der Waals surface area contributed by atoms with Crippen LogP contribution in [0.4, 0.5) is 0 Å². The number of aromatic nitrogens is 1. The van der Waals surface area contributed by atoms with Gasteiger partial charge in [0.25, 0.3) is 0 Å². The SMILES string of the molecule is Cc1sc(CCNC(=O)C2(C(=O)O)CC2)nc1-c1ccccc1. The molecule has 120 valence electrons. The molecule has 1 aromatic carbocycles. The Morgan fingerprint density at radius 2 is 2.00 bits per heavy atom. The molecule has 1 aromatic heterocycles. The summed E-state index contributed by atoms with van der Waals surface area (Å²) < 4.78 is 0. The smallest absolute Gasteiger partial charge is 0.319 e. The summed E-state index contributed by atoms with van der Waals surface area (Å²) in [5.74, 6) is -1.40. The highest BCUT2D eigenvalue weighted by Gasteiger charge is 2.56. The van der Waals surface area contributed by atoms with Gasteiger partial charge in [-0.25, -0.2) is 4.98 Å². The van der Waals surface area contributed by atoms with E-state index in [0.717, 1.165) is 21.1 Å². The summed E-state index contributed by atoms with van der Waals surface area (Å²) in [5, 5.41) is 12.8. The molecule has 0 saturated heterocycles. The summed E-state index contributed by atoms with van der Waals surface area (Å²) >= 11 is 1.61. The third-order valence-corrected chi connectivity index (χ3v) is 5.14. The second-order valence-electron chi connectivity index (χ2n) is 5.77. The molecule has 1 amide bonds. The summed E-state index contributed by atoms with van der Waals surface area (Å²) in [6.45, 7) is 2.45. The van der Waals surface area contributed by atoms with E-state index in [1.165, 1.54) is 0 Å². The van der Waals surface area contributed by atoms with Crippen LogP contribution >= 0.6 is 11.3 Å². The van der Waals surface area contributed by atoms with E-state index < -0.39 is 11.4 Å². The lowest BCUT2D eigenvalue weighted by Gasteiger charge is -2.09. The number of aryl methyl sites for hydroxylation is 1. The van der Waals surface area contributed by atoms with Gasteiger partial charge in [0.1, 0.15) is 5.41 Å². The molecule has 1 aliphatic rings. The molecular weight excluding hydrogens is 312 g/mol. The van der Waals surface area contributed by atoms with Gasteiger partial charge in [0, 0.05) is 23.4 Å². The van der Waals surface area contributed by atoms with Crippen LogP contribution < -0.4 is 5.32 Å². The largest absolute Gasteiger partial charge is 0.480 e. The fourth-order valence-electron chi connectivity index (χ4n) is 2.54. The average Bonchev–Trinajstić information content (AvgIpc) is 3.28. The van der Waals surface area contributed by atoms with E-state index in [2.05, 4.69) is 10.3 Å². The minimum atomic E-state index is -1.17. The van der Waals surface area contributed by atoms with Crippen LogP contribution in [0.25, 0.3) is 11.3 Å². The molecule has 1 fully saturated rings. The minimum Gasteiger partial charge on any atom is -0.480 e. The number of thiazole rings is 1. The van der Waals surface area contributed by atoms with Crippen LogP contribution in [0.2, 0.25) is 0 Å². The second-order valence-corrected chi connectivity index (χ2v) is 7.06. The molecule has 3 rings (SSSR count). The number of hydrogen-bond acceptors (Lipinski definition) is 4. The van der Waals surface area contributed by atoms with Crippen LogP contribution in [0.1, 0.15) is 22.7 Å². The number of aliphatic carboxylic acids is 1. The van der Waals surface area contributed by atoms with E-state index >= 15 is 0 Å². The maximum Gasteiger partial charge on any atom is 0.319 e. The maximum atomic E-state index is 11.9. The van der Waals surface area contributed by atoms with E-state index in [0.29, 0.717) is 25.8 Å². The monoisotopic (exact) mass is 330 g/mol. The molecule has 0 unspecified atom stereocenters. The van der Waals surface area contributed by atoms with Gasteiger partial charge in [-0.2, -0.15) is 0 Å². The Morgan fingerprint density at radius 1 is 1.30 bits per heavy atom. The maximum absolute atomic E-state index is 11.9. The number of carbonyl (C=O) groups excluding carboxylic acids is 1. The van der Waals surface area contributed by atoms with E-state index in [1.807, 2.05) is 37.3 Å². The number of hydrogen-bond donors (Lipinski definition) is 2. The Labute approximate surface area is 138 Å². The van der Waals surface area contributed by atoms with Gasteiger partial charge in [0.15, 0.2) is 0 Å². The quantitative estimate of drug-likeness (QED) is 0.798. The summed E-state index contributed by atoms with van der Waals surface area (Å²) in [6, 6.07) is 9.98. The summed E-state index contributed by atoms with van der Waals surface area (Å²) in [4.78, 5) is 28.8. The summed E-state index contributed by atoms with van der Waals surface area (Å²) in [7, 11) is 0. The topological polar surface area (TPSA) is 79.3 Å². The zero-order chi connectivity index (χ0) is 16.4. The van der Waals surface area contributed by atoms with Crippen molar-refractivity contribution in [3.8, 4) is 11.3 Å². The first-order valence-corrected chi connectivity index (χ1v) is 8.38. The van der Waals surface area contributed by atoms with Crippen LogP contribution in [-0.4, -0.2) is 28.5 Å². The van der Waals surface area contributed by atoms with Crippen molar-refractivity contribution in [3.63, 3.8) is 0 Å². The number of carboxylic acids is 1. The molecule has 1 aliphatic carbocycles. The normalized spacial score (nSPS) is 15.2. The first kappa shape index (κ1) is 15.7. The third kappa shape index (κ3) is 3.12. The lowest BCUT2D eigenvalue weighted by Crippen LogP contribution is -2.37. The van der Waals surface area contributed by atoms with Crippen molar-refractivity contribution in [2.75, 3.05) is 6.54 Å². The first-order chi connectivity index (χ1) is 11.0. The van der Waals surface area contributed by atoms with Crippen molar-refractivity contribution in [2.45, 2.75) is 26.2 Å². The molecule has 0 radical (unpaired) electrons. The molecule has 0 spiro atoms. The average molecular weight is 330 g/mol. The Hall–Kier alpha value is -2.21. The van der Waals surface area contributed by atoms with Gasteiger partial charge in [0.2, 0.25) is 5.91 Å². The number of rotatable bonds is 6. The van der Waals surface area contributed by atoms with E-state index in [1.54, 1.807) is 11.3 Å². The van der Waals surface area contributed by atoms with Crippen molar-refractivity contribution in [2.24, 2.45) is 5.41 Å². The van der Waals surface area contributed by atoms with E-state index in [4.69, 9.17) is 5.11 Å². The van der Waals surface area contributed by atoms with Crippen molar-refractivity contribution in [1.82, 2.24) is 10.3 Å². The van der Waals surface area contributed by atoms with E-state index in [-0.39, 0.29) is 5.91 Å². The number of benzene rings is 1. The highest BCUT2D eigenvalue weighted by Crippen LogP contribution is 2.46. The third-order valence-electron chi connectivity index (χ3n) is 4.11. The van der Waals surface area contributed by atoms with Gasteiger partial charge in [0.05, 0.1) is 10.7 Å². The highest BCUT2D eigenvalue weighted by atomic mass is 32.1. The molecule has 0 aliphatic heterocycles. The molecular formula is C17H18N2O3S. The molecule has 6 heteroatoms. The lowest BCUT2D eigenvalue weighted by molar-refractivity contribution is -0.149. The Bertz CT molecular complexity index is 736. The van der Waals surface area contributed by atoms with Gasteiger partial charge in [-0.15, -0.1) is 11.3 Å². The van der Waals surface area contributed by atoms with Crippen molar-refractivity contribution >= 4 is 23.2 Å². The van der Waals surface area contributed by atoms with Crippen LogP contribution in [0, 0.1) is 12.3 Å². The number of carbonyl (C=O) groups is 2. The molecule has 5 nitrogen and oxygen atoms in total. The number of amides is 1. The zero-order valence-electron chi connectivity index (χ0n) is 12.8. The Balaban J connectivity index is 1.60. The van der Waals surface area contributed by atoms with Gasteiger partial charge < -0.3 is 10.4 Å². The molecule has 1 heterocycles. The van der Waals surface area contributed by atoms with Gasteiger partial charge in [-0.05, 0) is 19.8 Å². The molecule has 2 N–H and O–H groups in total. The van der Waals surface area contributed by atoms with Crippen molar-refractivity contribution < 1.29 is 14.7 Å². The number of nitrogens with one attached hydrogen (secondary N) is 1. The first-order valence-electron chi connectivity index (χ1n) is 7.56. The highest BCUT2D eigenvalue weighted by molar-refractivity contribution is 7.12. The number of carboxylic acid groups (broad SMARTS) is 1. The van der Waals surface area contributed by atoms with Gasteiger partial charge >= 0.3 is 5.97 Å². The molecule has 0 bridgehead atoms. The van der Waals surface area contributed by atoms with Gasteiger partial charge in [-0.3, -0.25) is 9.59 Å². The van der Waals surface area contributed by atoms with Crippen LogP contribution in [0.3, 0.4) is 0 Å². The molecule has 23 heavy (non-hydrogen) atoms. The van der Waals surface area contributed by atoms with Crippen LogP contribution in [-0.2, 0) is 16.0 Å². The Kier molecular flexibility index (Phi) is 4.17. The van der Waals surface area contributed by atoms with Crippen molar-refractivity contribution in [1.29, 1.82) is 0 Å². The predicted octanol–water partition coefficient (Wildman–Crippen LogP) is 2.64. The second kappa shape index (κ2) is 6.12. The zero-order valence-corrected chi connectivity index (χ0v) is 13.7. The van der Waals surface area contributed by atoms with E-state index in [9.17, 15) is 9.59 Å². The number of nitrogens with zero attached hydrogens (tertiary/aromatic N) is 1. The van der Waals surface area contributed by atoms with Crippen molar-refractivity contribution in [3.05, 3.63) is 40.2 Å². The van der Waals surface area contributed by atoms with Crippen LogP contribution in [0.5, 0.6) is 0 Å². The fourth-order valence-corrected chi connectivity index (χ4v) is 3.49. The minimum absolute atomic E-state index is 0.374. The summed E-state index contributed by atoms with van der Waals surface area (Å²) in [6.07, 6.45) is 1.48. The fraction of sp³-hybridized carbons (Fsp3) is 0.353. The Morgan fingerprint density at radius 3 is 2.61 bits per heavy atom. The predicted molar refractivity (Wildman–Crippen MR) is 88.3 cm³/mol. The molecule has 2 aromatic rings. The van der Waals surface area contributed by atoms with Crippen LogP contribution in [0.15, 0.2) is 30.3 Å².